The van der Waals surface area contributed by atoms with Crippen LogP contribution in [0, 0.1) is 6.92 Å². The standard InChI is InChI=1S/C14H20BrNO2S/c1-9-7-11(15)5-6-12(9)19-8-13(18)16-14(3,4)10(2)17/h5-7,10,17H,8H2,1-4H3,(H,16,18). The number of thioether (sulfide) groups is 1. The maximum absolute atomic E-state index is 11.9. The molecule has 5 heteroatoms. The van der Waals surface area contributed by atoms with Crippen LogP contribution in [0.2, 0.25) is 0 Å². The Hall–Kier alpha value is -0.520. The number of benzene rings is 1. The Morgan fingerprint density at radius 3 is 2.68 bits per heavy atom. The summed E-state index contributed by atoms with van der Waals surface area (Å²) in [6, 6.07) is 5.99. The van der Waals surface area contributed by atoms with Gasteiger partial charge in [-0.3, -0.25) is 4.79 Å². The Labute approximate surface area is 127 Å². The lowest BCUT2D eigenvalue weighted by molar-refractivity contribution is -0.121. The van der Waals surface area contributed by atoms with Crippen molar-refractivity contribution in [2.75, 3.05) is 5.75 Å². The fourth-order valence-corrected chi connectivity index (χ4v) is 2.70. The molecule has 0 aliphatic rings. The lowest BCUT2D eigenvalue weighted by atomic mass is 9.99. The monoisotopic (exact) mass is 345 g/mol. The third kappa shape index (κ3) is 5.16. The van der Waals surface area contributed by atoms with Crippen molar-refractivity contribution in [1.82, 2.24) is 5.32 Å². The summed E-state index contributed by atoms with van der Waals surface area (Å²) in [4.78, 5) is 13.0. The minimum atomic E-state index is -0.605. The molecule has 0 saturated heterocycles. The molecular weight excluding hydrogens is 326 g/mol. The largest absolute Gasteiger partial charge is 0.391 e. The van der Waals surface area contributed by atoms with Crippen LogP contribution < -0.4 is 5.32 Å². The summed E-state index contributed by atoms with van der Waals surface area (Å²) in [5.74, 6) is 0.275. The molecule has 0 radical (unpaired) electrons. The summed E-state index contributed by atoms with van der Waals surface area (Å²) < 4.78 is 1.04. The smallest absolute Gasteiger partial charge is 0.230 e. The Balaban J connectivity index is 2.55. The van der Waals surface area contributed by atoms with E-state index in [1.54, 1.807) is 6.92 Å². The molecule has 1 rings (SSSR count). The van der Waals surface area contributed by atoms with E-state index in [-0.39, 0.29) is 5.91 Å². The van der Waals surface area contributed by atoms with Crippen LogP contribution in [0.15, 0.2) is 27.6 Å². The molecule has 1 amide bonds. The van der Waals surface area contributed by atoms with E-state index in [1.165, 1.54) is 11.8 Å². The highest BCUT2D eigenvalue weighted by atomic mass is 79.9. The van der Waals surface area contributed by atoms with Gasteiger partial charge in [-0.2, -0.15) is 0 Å². The molecule has 0 aromatic heterocycles. The highest BCUT2D eigenvalue weighted by Gasteiger charge is 2.25. The average Bonchev–Trinajstić information content (AvgIpc) is 2.27. The van der Waals surface area contributed by atoms with E-state index in [4.69, 9.17) is 0 Å². The van der Waals surface area contributed by atoms with E-state index >= 15 is 0 Å². The van der Waals surface area contributed by atoms with Crippen molar-refractivity contribution in [3.05, 3.63) is 28.2 Å². The third-order valence-electron chi connectivity index (χ3n) is 3.00. The number of halogens is 1. The summed E-state index contributed by atoms with van der Waals surface area (Å²) in [7, 11) is 0. The molecule has 1 atom stereocenters. The molecule has 0 heterocycles. The maximum Gasteiger partial charge on any atom is 0.230 e. The zero-order valence-corrected chi connectivity index (χ0v) is 14.1. The Bertz CT molecular complexity index is 461. The molecule has 0 aliphatic carbocycles. The number of aliphatic hydroxyl groups excluding tert-OH is 1. The predicted molar refractivity (Wildman–Crippen MR) is 83.5 cm³/mol. The molecule has 0 fully saturated rings. The van der Waals surface area contributed by atoms with Gasteiger partial charge in [0.1, 0.15) is 0 Å². The van der Waals surface area contributed by atoms with Crippen molar-refractivity contribution in [2.24, 2.45) is 0 Å². The molecule has 3 nitrogen and oxygen atoms in total. The van der Waals surface area contributed by atoms with Gasteiger partial charge in [-0.15, -0.1) is 11.8 Å². The quantitative estimate of drug-likeness (QED) is 0.806. The number of carbonyl (C=O) groups excluding carboxylic acids is 1. The van der Waals surface area contributed by atoms with Gasteiger partial charge in [0.05, 0.1) is 17.4 Å². The SMILES string of the molecule is Cc1cc(Br)ccc1SCC(=O)NC(C)(C)C(C)O. The van der Waals surface area contributed by atoms with Gasteiger partial charge in [-0.1, -0.05) is 15.9 Å². The van der Waals surface area contributed by atoms with E-state index in [0.29, 0.717) is 5.75 Å². The topological polar surface area (TPSA) is 49.3 Å². The van der Waals surface area contributed by atoms with Crippen LogP contribution >= 0.6 is 27.7 Å². The molecule has 19 heavy (non-hydrogen) atoms. The van der Waals surface area contributed by atoms with Crippen LogP contribution in [0.5, 0.6) is 0 Å². The first-order chi connectivity index (χ1) is 8.72. The van der Waals surface area contributed by atoms with E-state index in [1.807, 2.05) is 39.0 Å². The van der Waals surface area contributed by atoms with Crippen LogP contribution in [0.3, 0.4) is 0 Å². The molecule has 106 valence electrons. The van der Waals surface area contributed by atoms with Gasteiger partial charge < -0.3 is 10.4 Å². The van der Waals surface area contributed by atoms with Gasteiger partial charge in [-0.05, 0) is 51.5 Å². The van der Waals surface area contributed by atoms with Crippen LogP contribution in [0.4, 0.5) is 0 Å². The van der Waals surface area contributed by atoms with Gasteiger partial charge in [0, 0.05) is 9.37 Å². The molecule has 1 unspecified atom stereocenters. The second-order valence-corrected chi connectivity index (χ2v) is 7.08. The Morgan fingerprint density at radius 2 is 2.16 bits per heavy atom. The van der Waals surface area contributed by atoms with Gasteiger partial charge in [-0.25, -0.2) is 0 Å². The number of aliphatic hydroxyl groups is 1. The minimum absolute atomic E-state index is 0.0711. The van der Waals surface area contributed by atoms with Crippen molar-refractivity contribution in [3.8, 4) is 0 Å². The molecule has 1 aromatic carbocycles. The maximum atomic E-state index is 11.9. The summed E-state index contributed by atoms with van der Waals surface area (Å²) in [5, 5.41) is 12.4. The Morgan fingerprint density at radius 1 is 1.53 bits per heavy atom. The second kappa shape index (κ2) is 6.77. The van der Waals surface area contributed by atoms with Crippen molar-refractivity contribution < 1.29 is 9.90 Å². The molecule has 0 saturated carbocycles. The number of nitrogens with one attached hydrogen (secondary N) is 1. The fraction of sp³-hybridized carbons (Fsp3) is 0.500. The lowest BCUT2D eigenvalue weighted by Gasteiger charge is -2.29. The number of hydrogen-bond acceptors (Lipinski definition) is 3. The third-order valence-corrected chi connectivity index (χ3v) is 4.67. The van der Waals surface area contributed by atoms with Crippen LogP contribution in [-0.4, -0.2) is 28.4 Å². The molecule has 0 spiro atoms. The van der Waals surface area contributed by atoms with Crippen molar-refractivity contribution in [1.29, 1.82) is 0 Å². The first-order valence-corrected chi connectivity index (χ1v) is 7.88. The lowest BCUT2D eigenvalue weighted by Crippen LogP contribution is -2.51. The van der Waals surface area contributed by atoms with Gasteiger partial charge in [0.15, 0.2) is 0 Å². The summed E-state index contributed by atoms with van der Waals surface area (Å²) in [6.45, 7) is 7.31. The summed E-state index contributed by atoms with van der Waals surface area (Å²) in [6.07, 6.45) is -0.587. The zero-order chi connectivity index (χ0) is 14.6. The molecule has 2 N–H and O–H groups in total. The van der Waals surface area contributed by atoms with Crippen molar-refractivity contribution >= 4 is 33.6 Å². The minimum Gasteiger partial charge on any atom is -0.391 e. The highest BCUT2D eigenvalue weighted by molar-refractivity contribution is 9.10. The van der Waals surface area contributed by atoms with Gasteiger partial charge in [0.2, 0.25) is 5.91 Å². The summed E-state index contributed by atoms with van der Waals surface area (Å²) in [5.41, 5.74) is 0.536. The van der Waals surface area contributed by atoms with Crippen LogP contribution in [0.1, 0.15) is 26.3 Å². The van der Waals surface area contributed by atoms with Crippen molar-refractivity contribution in [3.63, 3.8) is 0 Å². The van der Waals surface area contributed by atoms with E-state index in [0.717, 1.165) is 14.9 Å². The number of amides is 1. The van der Waals surface area contributed by atoms with E-state index in [9.17, 15) is 9.90 Å². The first-order valence-electron chi connectivity index (χ1n) is 6.10. The van der Waals surface area contributed by atoms with E-state index < -0.39 is 11.6 Å². The Kier molecular flexibility index (Phi) is 5.89. The highest BCUT2D eigenvalue weighted by Crippen LogP contribution is 2.25. The predicted octanol–water partition coefficient (Wildman–Crippen LogP) is 3.13. The number of carbonyl (C=O) groups is 1. The van der Waals surface area contributed by atoms with Crippen LogP contribution in [0.25, 0.3) is 0 Å². The number of hydrogen-bond donors (Lipinski definition) is 2. The summed E-state index contributed by atoms with van der Waals surface area (Å²) >= 11 is 4.92. The average molecular weight is 346 g/mol. The second-order valence-electron chi connectivity index (χ2n) is 5.14. The van der Waals surface area contributed by atoms with E-state index in [2.05, 4.69) is 21.2 Å². The number of aryl methyl sites for hydroxylation is 1. The van der Waals surface area contributed by atoms with Crippen LogP contribution in [-0.2, 0) is 4.79 Å². The normalized spacial score (nSPS) is 13.2. The van der Waals surface area contributed by atoms with Gasteiger partial charge in [0.25, 0.3) is 0 Å². The van der Waals surface area contributed by atoms with Crippen molar-refractivity contribution in [2.45, 2.75) is 44.2 Å². The molecule has 1 aromatic rings. The molecule has 0 bridgehead atoms. The first kappa shape index (κ1) is 16.5. The van der Waals surface area contributed by atoms with Gasteiger partial charge >= 0.3 is 0 Å². The zero-order valence-electron chi connectivity index (χ0n) is 11.7. The fourth-order valence-electron chi connectivity index (χ4n) is 1.42. The molecule has 0 aliphatic heterocycles. The number of rotatable bonds is 5. The molecular formula is C14H20BrNO2S.